The van der Waals surface area contributed by atoms with Gasteiger partial charge in [-0.3, -0.25) is 0 Å². The van der Waals surface area contributed by atoms with Crippen LogP contribution in [0.3, 0.4) is 0 Å². The van der Waals surface area contributed by atoms with Gasteiger partial charge in [-0.15, -0.1) is 0 Å². The maximum atomic E-state index is 10.3. The van der Waals surface area contributed by atoms with Crippen LogP contribution in [0.2, 0.25) is 5.02 Å². The van der Waals surface area contributed by atoms with Crippen LogP contribution >= 0.6 is 11.6 Å². The topological polar surface area (TPSA) is 95.3 Å². The Balaban J connectivity index is 1.69. The highest BCUT2D eigenvalue weighted by molar-refractivity contribution is 6.30. The predicted octanol–water partition coefficient (Wildman–Crippen LogP) is 6.67. The van der Waals surface area contributed by atoms with Crippen molar-refractivity contribution in [2.75, 3.05) is 6.61 Å². The lowest BCUT2D eigenvalue weighted by Crippen LogP contribution is -2.23. The SMILES string of the molecule is CCCc1nn(-c2ccccc2)c2c1C(c1cccc(OCC)c1OCc1ccc(Cl)cc1)C(C#N)=C(N)O2. The Hall–Kier alpha value is -4.41. The van der Waals surface area contributed by atoms with E-state index in [4.69, 9.17) is 36.6 Å². The zero-order chi connectivity index (χ0) is 27.4. The first-order chi connectivity index (χ1) is 19.0. The molecule has 1 unspecified atom stereocenters. The van der Waals surface area contributed by atoms with Crippen LogP contribution in [-0.4, -0.2) is 16.4 Å². The number of halogens is 1. The summed E-state index contributed by atoms with van der Waals surface area (Å²) in [5, 5.41) is 15.9. The number of nitrogens with two attached hydrogens (primary N) is 1. The minimum absolute atomic E-state index is 0.0422. The molecule has 8 heteroatoms. The van der Waals surface area contributed by atoms with E-state index in [0.29, 0.717) is 41.0 Å². The zero-order valence-corrected chi connectivity index (χ0v) is 22.6. The normalized spacial score (nSPS) is 14.4. The molecule has 0 spiro atoms. The van der Waals surface area contributed by atoms with Crippen molar-refractivity contribution in [1.82, 2.24) is 9.78 Å². The molecule has 1 aliphatic rings. The summed E-state index contributed by atoms with van der Waals surface area (Å²) in [6, 6.07) is 25.2. The summed E-state index contributed by atoms with van der Waals surface area (Å²) < 4.78 is 20.3. The van der Waals surface area contributed by atoms with E-state index in [9.17, 15) is 5.26 Å². The molecular formula is C31H29ClN4O3. The smallest absolute Gasteiger partial charge is 0.229 e. The highest BCUT2D eigenvalue weighted by Crippen LogP contribution is 2.49. The number of ether oxygens (including phenoxy) is 3. The van der Waals surface area contributed by atoms with E-state index in [1.54, 1.807) is 4.68 Å². The van der Waals surface area contributed by atoms with Gasteiger partial charge in [0.1, 0.15) is 18.2 Å². The molecule has 4 aromatic rings. The third-order valence-corrected chi connectivity index (χ3v) is 6.78. The van der Waals surface area contributed by atoms with E-state index in [0.717, 1.165) is 34.5 Å². The average Bonchev–Trinajstić information content (AvgIpc) is 3.30. The van der Waals surface area contributed by atoms with Crippen LogP contribution in [0.1, 0.15) is 48.6 Å². The number of nitriles is 1. The molecule has 7 nitrogen and oxygen atoms in total. The molecule has 0 radical (unpaired) electrons. The van der Waals surface area contributed by atoms with Gasteiger partial charge in [-0.05, 0) is 49.2 Å². The van der Waals surface area contributed by atoms with Crippen LogP contribution in [0, 0.1) is 11.3 Å². The van der Waals surface area contributed by atoms with Gasteiger partial charge in [0.15, 0.2) is 11.5 Å². The van der Waals surface area contributed by atoms with E-state index < -0.39 is 5.92 Å². The molecule has 0 fully saturated rings. The van der Waals surface area contributed by atoms with Crippen molar-refractivity contribution in [1.29, 1.82) is 5.26 Å². The maximum absolute atomic E-state index is 10.3. The summed E-state index contributed by atoms with van der Waals surface area (Å²) in [6.07, 6.45) is 1.57. The Morgan fingerprint density at radius 3 is 2.49 bits per heavy atom. The average molecular weight is 541 g/mol. The van der Waals surface area contributed by atoms with Gasteiger partial charge in [-0.2, -0.15) is 10.4 Å². The van der Waals surface area contributed by atoms with Crippen molar-refractivity contribution in [3.63, 3.8) is 0 Å². The molecule has 0 aliphatic carbocycles. The summed E-state index contributed by atoms with van der Waals surface area (Å²) in [4.78, 5) is 0. The maximum Gasteiger partial charge on any atom is 0.229 e. The van der Waals surface area contributed by atoms with E-state index in [1.807, 2.05) is 79.7 Å². The molecule has 1 atom stereocenters. The fourth-order valence-corrected chi connectivity index (χ4v) is 4.93. The minimum atomic E-state index is -0.557. The Morgan fingerprint density at radius 1 is 1.03 bits per heavy atom. The fraction of sp³-hybridized carbons (Fsp3) is 0.226. The van der Waals surface area contributed by atoms with Crippen LogP contribution in [-0.2, 0) is 13.0 Å². The molecule has 3 aromatic carbocycles. The van der Waals surface area contributed by atoms with Crippen LogP contribution < -0.4 is 19.9 Å². The quantitative estimate of drug-likeness (QED) is 0.254. The number of benzene rings is 3. The van der Waals surface area contributed by atoms with E-state index in [2.05, 4.69) is 13.0 Å². The van der Waals surface area contributed by atoms with Crippen molar-refractivity contribution < 1.29 is 14.2 Å². The van der Waals surface area contributed by atoms with E-state index in [-0.39, 0.29) is 12.5 Å². The molecule has 2 N–H and O–H groups in total. The lowest BCUT2D eigenvalue weighted by Gasteiger charge is -2.27. The standard InChI is InChI=1S/C31H29ClN4O3/c1-3-9-25-28-27(24(18-33)30(34)39-31(28)36(35-25)22-10-6-5-7-11-22)23-12-8-13-26(37-4-2)29(23)38-19-20-14-16-21(32)17-15-20/h5-8,10-17,27H,3-4,9,19,34H2,1-2H3. The summed E-state index contributed by atoms with van der Waals surface area (Å²) in [5.74, 6) is 1.11. The summed E-state index contributed by atoms with van der Waals surface area (Å²) in [6.45, 7) is 4.76. The zero-order valence-electron chi connectivity index (χ0n) is 21.9. The highest BCUT2D eigenvalue weighted by Gasteiger charge is 2.39. The molecule has 198 valence electrons. The van der Waals surface area contributed by atoms with Crippen LogP contribution in [0.4, 0.5) is 0 Å². The molecule has 39 heavy (non-hydrogen) atoms. The monoisotopic (exact) mass is 540 g/mol. The van der Waals surface area contributed by atoms with Gasteiger partial charge in [0.2, 0.25) is 11.8 Å². The number of hydrogen-bond donors (Lipinski definition) is 1. The summed E-state index contributed by atoms with van der Waals surface area (Å²) in [5.41, 5.74) is 10.9. The van der Waals surface area contributed by atoms with Crippen molar-refractivity contribution >= 4 is 11.6 Å². The minimum Gasteiger partial charge on any atom is -0.490 e. The van der Waals surface area contributed by atoms with Gasteiger partial charge >= 0.3 is 0 Å². The second-order valence-electron chi connectivity index (χ2n) is 9.11. The number of para-hydroxylation sites is 2. The Kier molecular flexibility index (Phi) is 7.76. The van der Waals surface area contributed by atoms with Crippen molar-refractivity contribution in [2.45, 2.75) is 39.2 Å². The van der Waals surface area contributed by atoms with Crippen LogP contribution in [0.25, 0.3) is 5.69 Å². The number of fused-ring (bicyclic) bond motifs is 1. The number of rotatable bonds is 9. The molecule has 2 heterocycles. The number of hydrogen-bond acceptors (Lipinski definition) is 6. The van der Waals surface area contributed by atoms with Crippen LogP contribution in [0.15, 0.2) is 84.3 Å². The van der Waals surface area contributed by atoms with Gasteiger partial charge in [0, 0.05) is 10.6 Å². The number of aromatic nitrogens is 2. The van der Waals surface area contributed by atoms with Crippen molar-refractivity contribution in [3.05, 3.63) is 112 Å². The molecule has 0 saturated carbocycles. The van der Waals surface area contributed by atoms with E-state index >= 15 is 0 Å². The Morgan fingerprint density at radius 2 is 1.79 bits per heavy atom. The lowest BCUT2D eigenvalue weighted by molar-refractivity contribution is 0.266. The molecule has 0 saturated heterocycles. The lowest BCUT2D eigenvalue weighted by atomic mass is 9.82. The van der Waals surface area contributed by atoms with Crippen LogP contribution in [0.5, 0.6) is 17.4 Å². The number of aryl methyl sites for hydroxylation is 1. The Labute approximate surface area is 233 Å². The Bertz CT molecular complexity index is 1540. The van der Waals surface area contributed by atoms with Gasteiger partial charge in [0.25, 0.3) is 0 Å². The molecule has 1 aliphatic heterocycles. The second kappa shape index (κ2) is 11.5. The van der Waals surface area contributed by atoms with Gasteiger partial charge in [0.05, 0.1) is 29.5 Å². The van der Waals surface area contributed by atoms with Crippen molar-refractivity contribution in [2.24, 2.45) is 5.73 Å². The molecule has 5 rings (SSSR count). The first-order valence-corrected chi connectivity index (χ1v) is 13.3. The highest BCUT2D eigenvalue weighted by atomic mass is 35.5. The molecular weight excluding hydrogens is 512 g/mol. The third-order valence-electron chi connectivity index (χ3n) is 6.53. The first-order valence-electron chi connectivity index (χ1n) is 12.9. The van der Waals surface area contributed by atoms with Gasteiger partial charge in [-0.25, -0.2) is 4.68 Å². The summed E-state index contributed by atoms with van der Waals surface area (Å²) >= 11 is 6.07. The molecule has 0 amide bonds. The third kappa shape index (κ3) is 5.16. The predicted molar refractivity (Wildman–Crippen MR) is 150 cm³/mol. The molecule has 0 bridgehead atoms. The first kappa shape index (κ1) is 26.2. The molecule has 1 aromatic heterocycles. The summed E-state index contributed by atoms with van der Waals surface area (Å²) in [7, 11) is 0. The van der Waals surface area contributed by atoms with Gasteiger partial charge < -0.3 is 19.9 Å². The number of nitrogens with zero attached hydrogens (tertiary/aromatic N) is 3. The van der Waals surface area contributed by atoms with Crippen molar-refractivity contribution in [3.8, 4) is 29.1 Å². The van der Waals surface area contributed by atoms with E-state index in [1.165, 1.54) is 0 Å². The van der Waals surface area contributed by atoms with Gasteiger partial charge in [-0.1, -0.05) is 67.4 Å². The fourth-order valence-electron chi connectivity index (χ4n) is 4.81. The largest absolute Gasteiger partial charge is 0.490 e. The number of allylic oxidation sites excluding steroid dienone is 1. The second-order valence-corrected chi connectivity index (χ2v) is 9.55.